The van der Waals surface area contributed by atoms with E-state index in [9.17, 15) is 18.0 Å². The maximum absolute atomic E-state index is 13.1. The molecule has 3 heterocycles. The number of halogens is 3. The van der Waals surface area contributed by atoms with Crippen LogP contribution in [0, 0.1) is 0 Å². The lowest BCUT2D eigenvalue weighted by Gasteiger charge is -2.18. The van der Waals surface area contributed by atoms with Crippen molar-refractivity contribution in [3.05, 3.63) is 42.0 Å². The van der Waals surface area contributed by atoms with Gasteiger partial charge in [0, 0.05) is 20.4 Å². The Labute approximate surface area is 163 Å². The Kier molecular flexibility index (Phi) is 5.64. The van der Waals surface area contributed by atoms with E-state index in [2.05, 4.69) is 25.6 Å². The summed E-state index contributed by atoms with van der Waals surface area (Å²) in [6.07, 6.45) is -1.94. The Morgan fingerprint density at radius 3 is 2.79 bits per heavy atom. The van der Waals surface area contributed by atoms with Crippen molar-refractivity contribution in [1.82, 2.24) is 29.5 Å². The number of ether oxygens (including phenoxy) is 1. The molecule has 0 unspecified atom stereocenters. The van der Waals surface area contributed by atoms with Gasteiger partial charge in [-0.2, -0.15) is 18.3 Å². The third-order valence-corrected chi connectivity index (χ3v) is 4.11. The van der Waals surface area contributed by atoms with Gasteiger partial charge in [-0.05, 0) is 19.1 Å². The second-order valence-corrected chi connectivity index (χ2v) is 6.24. The van der Waals surface area contributed by atoms with Crippen LogP contribution in [0.1, 0.15) is 29.0 Å². The van der Waals surface area contributed by atoms with Crippen molar-refractivity contribution in [3.63, 3.8) is 0 Å². The zero-order valence-electron chi connectivity index (χ0n) is 15.8. The Bertz CT molecular complexity index is 1010. The SMILES string of the molecule is COCc1nn(C)cc1C(=O)Nc1cccc(-c2nncn2[C@H](C)C(F)(F)F)n1. The first-order chi connectivity index (χ1) is 13.7. The lowest BCUT2D eigenvalue weighted by atomic mass is 10.2. The molecule has 0 saturated heterocycles. The van der Waals surface area contributed by atoms with Crippen molar-refractivity contribution >= 4 is 11.7 Å². The minimum atomic E-state index is -4.47. The molecule has 3 rings (SSSR count). The van der Waals surface area contributed by atoms with Crippen LogP contribution in [-0.4, -0.2) is 48.7 Å². The molecule has 0 bridgehead atoms. The van der Waals surface area contributed by atoms with Gasteiger partial charge in [-0.3, -0.25) is 9.48 Å². The number of pyridine rings is 1. The zero-order valence-corrected chi connectivity index (χ0v) is 15.8. The lowest BCUT2D eigenvalue weighted by molar-refractivity contribution is -0.162. The van der Waals surface area contributed by atoms with Crippen LogP contribution < -0.4 is 5.32 Å². The van der Waals surface area contributed by atoms with E-state index in [4.69, 9.17) is 4.74 Å². The molecule has 1 N–H and O–H groups in total. The van der Waals surface area contributed by atoms with Crippen molar-refractivity contribution in [3.8, 4) is 11.5 Å². The van der Waals surface area contributed by atoms with Gasteiger partial charge in [0.05, 0.1) is 12.2 Å². The molecule has 1 amide bonds. The van der Waals surface area contributed by atoms with Crippen LogP contribution in [0.25, 0.3) is 11.5 Å². The number of hydrogen-bond acceptors (Lipinski definition) is 6. The van der Waals surface area contributed by atoms with Crippen molar-refractivity contribution in [2.75, 3.05) is 12.4 Å². The van der Waals surface area contributed by atoms with Crippen molar-refractivity contribution < 1.29 is 22.7 Å². The van der Waals surface area contributed by atoms with Gasteiger partial charge in [-0.25, -0.2) is 4.98 Å². The highest BCUT2D eigenvalue weighted by Crippen LogP contribution is 2.32. The second-order valence-electron chi connectivity index (χ2n) is 6.24. The number of aromatic nitrogens is 6. The molecule has 29 heavy (non-hydrogen) atoms. The molecule has 9 nitrogen and oxygen atoms in total. The van der Waals surface area contributed by atoms with E-state index in [0.717, 1.165) is 17.8 Å². The number of anilines is 1. The van der Waals surface area contributed by atoms with E-state index in [1.54, 1.807) is 13.1 Å². The van der Waals surface area contributed by atoms with E-state index in [-0.39, 0.29) is 23.9 Å². The lowest BCUT2D eigenvalue weighted by Crippen LogP contribution is -2.24. The van der Waals surface area contributed by atoms with Gasteiger partial charge in [0.25, 0.3) is 5.91 Å². The molecule has 0 aliphatic rings. The summed E-state index contributed by atoms with van der Waals surface area (Å²) in [7, 11) is 3.16. The van der Waals surface area contributed by atoms with Crippen molar-refractivity contribution in [2.45, 2.75) is 25.7 Å². The molecule has 154 valence electrons. The summed E-state index contributed by atoms with van der Waals surface area (Å²) in [6, 6.07) is 2.72. The summed E-state index contributed by atoms with van der Waals surface area (Å²) in [4.78, 5) is 16.8. The minimum absolute atomic E-state index is 0.0626. The molecule has 3 aromatic rings. The third kappa shape index (κ3) is 4.42. The van der Waals surface area contributed by atoms with Gasteiger partial charge in [0.2, 0.25) is 0 Å². The number of hydrogen-bond donors (Lipinski definition) is 1. The third-order valence-electron chi connectivity index (χ3n) is 4.11. The van der Waals surface area contributed by atoms with Gasteiger partial charge < -0.3 is 14.6 Å². The van der Waals surface area contributed by atoms with Crippen LogP contribution >= 0.6 is 0 Å². The molecule has 3 aromatic heterocycles. The summed E-state index contributed by atoms with van der Waals surface area (Å²) in [5.74, 6) is -0.388. The maximum atomic E-state index is 13.1. The number of rotatable bonds is 6. The van der Waals surface area contributed by atoms with Crippen LogP contribution in [0.15, 0.2) is 30.7 Å². The predicted octanol–water partition coefficient (Wildman–Crippen LogP) is 2.60. The Hall–Kier alpha value is -3.28. The van der Waals surface area contributed by atoms with Crippen molar-refractivity contribution in [2.24, 2.45) is 7.05 Å². The van der Waals surface area contributed by atoms with Gasteiger partial charge in [0.1, 0.15) is 29.6 Å². The van der Waals surface area contributed by atoms with Crippen LogP contribution in [0.3, 0.4) is 0 Å². The number of alkyl halides is 3. The van der Waals surface area contributed by atoms with E-state index >= 15 is 0 Å². The van der Waals surface area contributed by atoms with Crippen LogP contribution in [0.5, 0.6) is 0 Å². The van der Waals surface area contributed by atoms with Crippen molar-refractivity contribution in [1.29, 1.82) is 0 Å². The average Bonchev–Trinajstić information content (AvgIpc) is 3.27. The fourth-order valence-electron chi connectivity index (χ4n) is 2.65. The summed E-state index contributed by atoms with van der Waals surface area (Å²) in [6.45, 7) is 1.15. The highest BCUT2D eigenvalue weighted by atomic mass is 19.4. The fourth-order valence-corrected chi connectivity index (χ4v) is 2.65. The van der Waals surface area contributed by atoms with E-state index in [1.165, 1.54) is 30.1 Å². The number of nitrogens with one attached hydrogen (secondary N) is 1. The van der Waals surface area contributed by atoms with Crippen LogP contribution in [0.2, 0.25) is 0 Å². The van der Waals surface area contributed by atoms with E-state index < -0.39 is 18.1 Å². The van der Waals surface area contributed by atoms with Crippen LogP contribution in [0.4, 0.5) is 19.0 Å². The quantitative estimate of drug-likeness (QED) is 0.672. The molecular formula is C17H18F3N7O2. The van der Waals surface area contributed by atoms with E-state index in [0.29, 0.717) is 11.3 Å². The number of carbonyl (C=O) groups is 1. The normalized spacial score (nSPS) is 12.8. The first kappa shape index (κ1) is 20.5. The second kappa shape index (κ2) is 7.99. The first-order valence-electron chi connectivity index (χ1n) is 8.47. The summed E-state index contributed by atoms with van der Waals surface area (Å²) in [5, 5.41) is 14.1. The maximum Gasteiger partial charge on any atom is 0.408 e. The molecule has 12 heteroatoms. The van der Waals surface area contributed by atoms with Gasteiger partial charge in [0.15, 0.2) is 5.82 Å². The Morgan fingerprint density at radius 2 is 2.10 bits per heavy atom. The molecule has 0 aliphatic heterocycles. The smallest absolute Gasteiger partial charge is 0.378 e. The minimum Gasteiger partial charge on any atom is -0.378 e. The Balaban J connectivity index is 1.87. The highest BCUT2D eigenvalue weighted by molar-refractivity contribution is 6.04. The number of nitrogens with zero attached hydrogens (tertiary/aromatic N) is 6. The largest absolute Gasteiger partial charge is 0.408 e. The monoisotopic (exact) mass is 409 g/mol. The molecule has 0 spiro atoms. The average molecular weight is 409 g/mol. The first-order valence-corrected chi connectivity index (χ1v) is 8.47. The zero-order chi connectivity index (χ0) is 21.2. The summed E-state index contributed by atoms with van der Waals surface area (Å²) in [5.41, 5.74) is 0.887. The van der Waals surface area contributed by atoms with E-state index in [1.807, 2.05) is 0 Å². The topological polar surface area (TPSA) is 99.8 Å². The number of methoxy groups -OCH3 is 1. The fraction of sp³-hybridized carbons (Fsp3) is 0.353. The highest BCUT2D eigenvalue weighted by Gasteiger charge is 2.38. The Morgan fingerprint density at radius 1 is 1.34 bits per heavy atom. The number of carbonyl (C=O) groups excluding carboxylic acids is 1. The van der Waals surface area contributed by atoms with Gasteiger partial charge in [-0.15, -0.1) is 10.2 Å². The number of amides is 1. The predicted molar refractivity (Wildman–Crippen MR) is 95.9 cm³/mol. The molecule has 0 radical (unpaired) electrons. The molecule has 1 atom stereocenters. The molecule has 0 saturated carbocycles. The summed E-state index contributed by atoms with van der Waals surface area (Å²) < 4.78 is 46.6. The molecular weight excluding hydrogens is 391 g/mol. The number of aryl methyl sites for hydroxylation is 1. The standard InChI is InChI=1S/C17H18F3N7O2/c1-10(17(18,19)20)27-9-21-24-15(27)12-5-4-6-14(22-12)23-16(28)11-7-26(2)25-13(11)8-29-3/h4-7,9-10H,8H2,1-3H3,(H,22,23,28)/t10-/m1/s1. The van der Waals surface area contributed by atoms with Gasteiger partial charge >= 0.3 is 6.18 Å². The van der Waals surface area contributed by atoms with Gasteiger partial charge in [-0.1, -0.05) is 6.07 Å². The molecule has 0 aliphatic carbocycles. The van der Waals surface area contributed by atoms with Crippen LogP contribution in [-0.2, 0) is 18.4 Å². The summed E-state index contributed by atoms with van der Waals surface area (Å²) >= 11 is 0. The molecule has 0 aromatic carbocycles. The molecule has 0 fully saturated rings.